The van der Waals surface area contributed by atoms with Crippen LogP contribution in [-0.4, -0.2) is 0 Å². The fourth-order valence-corrected chi connectivity index (χ4v) is 1.96. The van der Waals surface area contributed by atoms with Gasteiger partial charge in [0.05, 0.1) is 0 Å². The predicted octanol–water partition coefficient (Wildman–Crippen LogP) is -0.551. The summed E-state index contributed by atoms with van der Waals surface area (Å²) in [5.41, 5.74) is 2.80. The van der Waals surface area contributed by atoms with Crippen LogP contribution in [0, 0.1) is 24.0 Å². The van der Waals surface area contributed by atoms with Crippen LogP contribution in [0.4, 0.5) is 0 Å². The fraction of sp³-hybridized carbons (Fsp3) is 0.556. The zero-order chi connectivity index (χ0) is 13.4. The van der Waals surface area contributed by atoms with E-state index in [4.69, 9.17) is 0 Å². The van der Waals surface area contributed by atoms with Crippen LogP contribution in [0.5, 0.6) is 0 Å². The van der Waals surface area contributed by atoms with Crippen molar-refractivity contribution in [3.63, 3.8) is 0 Å². The molecule has 2 rings (SSSR count). The van der Waals surface area contributed by atoms with Crippen molar-refractivity contribution >= 4 is 0 Å². The maximum Gasteiger partial charge on any atom is 4.00 e. The Kier molecular flexibility index (Phi) is 19.9. The van der Waals surface area contributed by atoms with E-state index in [1.54, 1.807) is 0 Å². The van der Waals surface area contributed by atoms with E-state index in [1.165, 1.54) is 24.0 Å². The molecule has 0 aromatic heterocycles. The van der Waals surface area contributed by atoms with E-state index in [-0.39, 0.29) is 59.8 Å². The number of halogens is 2. The molecule has 0 aliphatic heterocycles. The summed E-state index contributed by atoms with van der Waals surface area (Å²) in [6.45, 7) is 8.92. The molecule has 2 aliphatic rings. The molecule has 2 unspecified atom stereocenters. The van der Waals surface area contributed by atoms with Crippen molar-refractivity contribution in [3.8, 4) is 0 Å². The first kappa shape index (κ1) is 26.7. The normalized spacial score (nSPS) is 17.1. The van der Waals surface area contributed by atoms with Crippen LogP contribution in [0.15, 0.2) is 35.5 Å². The number of rotatable bonds is 4. The summed E-state index contributed by atoms with van der Waals surface area (Å²) in [5.74, 6) is 1.42. The van der Waals surface area contributed by atoms with E-state index < -0.39 is 0 Å². The average Bonchev–Trinajstić information content (AvgIpc) is 3.09. The summed E-state index contributed by atoms with van der Waals surface area (Å²) in [5, 5.41) is 0. The molecule has 2 aliphatic carbocycles. The van der Waals surface area contributed by atoms with Crippen LogP contribution in [0.2, 0.25) is 0 Å². The van der Waals surface area contributed by atoms with Crippen molar-refractivity contribution in [1.82, 2.24) is 0 Å². The van der Waals surface area contributed by atoms with Crippen LogP contribution in [0.25, 0.3) is 0 Å². The maximum absolute atomic E-state index is 3.31. The van der Waals surface area contributed by atoms with Gasteiger partial charge in [-0.05, 0) is 0 Å². The van der Waals surface area contributed by atoms with Gasteiger partial charge >= 0.3 is 25.8 Å². The van der Waals surface area contributed by atoms with Gasteiger partial charge in [-0.15, -0.1) is 12.8 Å². The smallest absolute Gasteiger partial charge is 1.00 e. The summed E-state index contributed by atoms with van der Waals surface area (Å²) in [7, 11) is 0. The molecule has 116 valence electrons. The third-order valence-electron chi connectivity index (χ3n) is 3.73. The number of hydrogen-bond donors (Lipinski definition) is 0. The van der Waals surface area contributed by atoms with Gasteiger partial charge in [-0.25, -0.2) is 23.3 Å². The van der Waals surface area contributed by atoms with Crippen LogP contribution in [-0.2, 0) is 25.8 Å². The van der Waals surface area contributed by atoms with Gasteiger partial charge in [-0.2, -0.15) is 12.2 Å². The minimum absolute atomic E-state index is 0. The van der Waals surface area contributed by atoms with E-state index >= 15 is 0 Å². The zero-order valence-corrected chi connectivity index (χ0v) is 20.3. The largest absolute Gasteiger partial charge is 4.00 e. The van der Waals surface area contributed by atoms with Crippen LogP contribution < -0.4 is 34.0 Å². The van der Waals surface area contributed by atoms with Gasteiger partial charge in [0, 0.05) is 0 Å². The molecule has 0 aromatic rings. The van der Waals surface area contributed by atoms with Crippen LogP contribution in [0.3, 0.4) is 0 Å². The molecule has 3 heteroatoms. The second-order valence-corrected chi connectivity index (χ2v) is 5.10. The first-order valence-electron chi connectivity index (χ1n) is 7.23. The molecule has 0 radical (unpaired) electrons. The number of allylic oxidation sites excluding steroid dienone is 8. The Morgan fingerprint density at radius 3 is 1.38 bits per heavy atom. The second-order valence-electron chi connectivity index (χ2n) is 5.10. The van der Waals surface area contributed by atoms with E-state index in [1.807, 2.05) is 0 Å². The molecule has 21 heavy (non-hydrogen) atoms. The van der Waals surface area contributed by atoms with Crippen LogP contribution in [0.1, 0.15) is 53.4 Å². The van der Waals surface area contributed by atoms with Gasteiger partial charge in [-0.3, -0.25) is 12.2 Å². The molecular weight excluding hydrogens is 554 g/mol. The molecule has 0 nitrogen and oxygen atoms in total. The first-order chi connectivity index (χ1) is 8.69. The SMILES string of the molecule is CCC(C)C1=[C-]CC=C1.CCC(C)C1=[C-]CC=C1.[Br-].[Br-].[Hf+4]. The van der Waals surface area contributed by atoms with E-state index in [9.17, 15) is 0 Å². The summed E-state index contributed by atoms with van der Waals surface area (Å²) in [6, 6.07) is 0. The molecular formula is C18H26Br2Hf. The fourth-order valence-electron chi connectivity index (χ4n) is 1.96. The van der Waals surface area contributed by atoms with Crippen molar-refractivity contribution in [3.05, 3.63) is 47.6 Å². The topological polar surface area (TPSA) is 0 Å². The van der Waals surface area contributed by atoms with E-state index in [0.29, 0.717) is 11.8 Å². The molecule has 2 atom stereocenters. The van der Waals surface area contributed by atoms with Gasteiger partial charge in [0.1, 0.15) is 0 Å². The summed E-state index contributed by atoms with van der Waals surface area (Å²) in [4.78, 5) is 0. The number of hydrogen-bond acceptors (Lipinski definition) is 0. The first-order valence-corrected chi connectivity index (χ1v) is 7.23. The Bertz CT molecular complexity index is 331. The van der Waals surface area contributed by atoms with Crippen molar-refractivity contribution in [2.24, 2.45) is 11.8 Å². The van der Waals surface area contributed by atoms with Gasteiger partial charge in [0.25, 0.3) is 0 Å². The molecule has 0 saturated carbocycles. The van der Waals surface area contributed by atoms with Crippen LogP contribution >= 0.6 is 0 Å². The second kappa shape index (κ2) is 15.7. The minimum atomic E-state index is 0. The van der Waals surface area contributed by atoms with E-state index in [0.717, 1.165) is 12.8 Å². The van der Waals surface area contributed by atoms with Crippen molar-refractivity contribution < 1.29 is 59.8 Å². The zero-order valence-electron chi connectivity index (χ0n) is 13.5. The van der Waals surface area contributed by atoms with Gasteiger partial charge in [0.15, 0.2) is 0 Å². The van der Waals surface area contributed by atoms with E-state index in [2.05, 4.69) is 64.2 Å². The van der Waals surface area contributed by atoms with Crippen molar-refractivity contribution in [2.75, 3.05) is 0 Å². The minimum Gasteiger partial charge on any atom is -1.00 e. The summed E-state index contributed by atoms with van der Waals surface area (Å²) < 4.78 is 0. The predicted molar refractivity (Wildman–Crippen MR) is 79.9 cm³/mol. The molecule has 0 fully saturated rings. The standard InChI is InChI=1S/2C9H13.2BrH.Hf/c2*1-3-8(2)9-6-4-5-7-9;;;/h2*4,6,8H,3,5H2,1-2H3;2*1H;/q2*-1;;;+4/p-2. The quantitative estimate of drug-likeness (QED) is 0.310. The molecule has 0 aromatic carbocycles. The summed E-state index contributed by atoms with van der Waals surface area (Å²) >= 11 is 0. The Labute approximate surface area is 171 Å². The Morgan fingerprint density at radius 1 is 0.857 bits per heavy atom. The Balaban J connectivity index is -0.000000270. The molecule has 0 spiro atoms. The summed E-state index contributed by atoms with van der Waals surface area (Å²) in [6.07, 6.45) is 19.9. The molecule has 0 saturated heterocycles. The van der Waals surface area contributed by atoms with Crippen molar-refractivity contribution in [1.29, 1.82) is 0 Å². The Hall–Kier alpha value is 0.790. The van der Waals surface area contributed by atoms with Crippen molar-refractivity contribution in [2.45, 2.75) is 53.4 Å². The molecule has 0 heterocycles. The van der Waals surface area contributed by atoms with Gasteiger partial charge in [0.2, 0.25) is 0 Å². The Morgan fingerprint density at radius 2 is 1.19 bits per heavy atom. The molecule has 0 N–H and O–H groups in total. The maximum atomic E-state index is 3.31. The van der Waals surface area contributed by atoms with Gasteiger partial charge in [-0.1, -0.05) is 52.4 Å². The third kappa shape index (κ3) is 10.2. The van der Waals surface area contributed by atoms with Gasteiger partial charge < -0.3 is 34.0 Å². The molecule has 0 amide bonds. The average molecular weight is 581 g/mol. The monoisotopic (exact) mass is 580 g/mol. The molecule has 0 bridgehead atoms. The third-order valence-corrected chi connectivity index (χ3v) is 3.73.